The van der Waals surface area contributed by atoms with Crippen molar-refractivity contribution in [3.8, 4) is 0 Å². The van der Waals surface area contributed by atoms with Crippen molar-refractivity contribution in [1.29, 1.82) is 0 Å². The van der Waals surface area contributed by atoms with Gasteiger partial charge in [-0.3, -0.25) is 4.79 Å². The van der Waals surface area contributed by atoms with E-state index in [2.05, 4.69) is 0 Å². The zero-order chi connectivity index (χ0) is 15.4. The predicted molar refractivity (Wildman–Crippen MR) is 81.3 cm³/mol. The number of nitrogens with zero attached hydrogens (tertiary/aromatic N) is 1. The molecule has 0 radical (unpaired) electrons. The number of hydrogen-bond donors (Lipinski definition) is 2. The van der Waals surface area contributed by atoms with Crippen LogP contribution in [0.5, 0.6) is 0 Å². The summed E-state index contributed by atoms with van der Waals surface area (Å²) in [5.41, 5.74) is 0.601. The molecular weight excluding hydrogens is 290 g/mol. The quantitative estimate of drug-likeness (QED) is 0.836. The van der Waals surface area contributed by atoms with Crippen LogP contribution in [0.2, 0.25) is 0 Å². The van der Waals surface area contributed by atoms with Crippen molar-refractivity contribution in [1.82, 2.24) is 4.90 Å². The molecule has 2 rings (SSSR count). The van der Waals surface area contributed by atoms with E-state index in [1.807, 2.05) is 0 Å². The van der Waals surface area contributed by atoms with Crippen LogP contribution in [0.3, 0.4) is 0 Å². The van der Waals surface area contributed by atoms with Gasteiger partial charge in [0.25, 0.3) is 5.91 Å². The summed E-state index contributed by atoms with van der Waals surface area (Å²) in [6.45, 7) is 0. The van der Waals surface area contributed by atoms with Gasteiger partial charge in [0.15, 0.2) is 0 Å². The predicted octanol–water partition coefficient (Wildman–Crippen LogP) is 2.22. The summed E-state index contributed by atoms with van der Waals surface area (Å²) in [5.74, 6) is -1.21. The Balaban J connectivity index is 2.16. The van der Waals surface area contributed by atoms with Gasteiger partial charge in [-0.2, -0.15) is 0 Å². The van der Waals surface area contributed by atoms with Gasteiger partial charge in [-0.1, -0.05) is 12.8 Å². The Hall–Kier alpha value is -1.66. The van der Waals surface area contributed by atoms with E-state index in [0.717, 1.165) is 31.8 Å². The van der Waals surface area contributed by atoms with Gasteiger partial charge in [-0.25, -0.2) is 4.79 Å². The van der Waals surface area contributed by atoms with Gasteiger partial charge in [0.05, 0.1) is 17.0 Å². The number of carbonyl (C=O) groups excluding carboxylic acids is 1. The number of carboxylic acids is 1. The van der Waals surface area contributed by atoms with E-state index in [0.29, 0.717) is 10.4 Å². The van der Waals surface area contributed by atoms with Gasteiger partial charge >= 0.3 is 5.97 Å². The van der Waals surface area contributed by atoms with Crippen LogP contribution in [0.15, 0.2) is 17.5 Å². The molecule has 1 aromatic rings. The zero-order valence-electron chi connectivity index (χ0n) is 11.9. The largest absolute Gasteiger partial charge is 0.478 e. The smallest absolute Gasteiger partial charge is 0.328 e. The molecule has 2 N–H and O–H groups in total. The molecule has 114 valence electrons. The maximum absolute atomic E-state index is 12.6. The number of aliphatic carboxylic acids is 1. The molecule has 1 amide bonds. The first-order valence-corrected chi connectivity index (χ1v) is 7.82. The lowest BCUT2D eigenvalue weighted by molar-refractivity contribution is -0.131. The Morgan fingerprint density at radius 2 is 2.10 bits per heavy atom. The summed E-state index contributed by atoms with van der Waals surface area (Å²) in [4.78, 5) is 25.2. The Bertz CT molecular complexity index is 552. The van der Waals surface area contributed by atoms with E-state index >= 15 is 0 Å². The van der Waals surface area contributed by atoms with Crippen molar-refractivity contribution in [2.45, 2.75) is 37.8 Å². The van der Waals surface area contributed by atoms with E-state index in [4.69, 9.17) is 5.11 Å². The third-order valence-corrected chi connectivity index (χ3v) is 4.73. The number of thiophene rings is 1. The number of rotatable bonds is 4. The van der Waals surface area contributed by atoms with Crippen LogP contribution >= 0.6 is 11.3 Å². The minimum atomic E-state index is -1.05. The summed E-state index contributed by atoms with van der Waals surface area (Å²) < 4.78 is 0. The number of amides is 1. The van der Waals surface area contributed by atoms with Crippen molar-refractivity contribution in [2.75, 3.05) is 7.05 Å². The highest BCUT2D eigenvalue weighted by molar-refractivity contribution is 7.12. The molecule has 21 heavy (non-hydrogen) atoms. The first kappa shape index (κ1) is 15.7. The highest BCUT2D eigenvalue weighted by atomic mass is 32.1. The summed E-state index contributed by atoms with van der Waals surface area (Å²) >= 11 is 1.29. The average molecular weight is 309 g/mol. The number of carbonyl (C=O) groups is 2. The molecule has 1 saturated carbocycles. The summed E-state index contributed by atoms with van der Waals surface area (Å²) in [5, 5.41) is 20.5. The van der Waals surface area contributed by atoms with Crippen LogP contribution in [0.1, 0.15) is 40.9 Å². The van der Waals surface area contributed by atoms with Gasteiger partial charge in [-0.15, -0.1) is 11.3 Å². The average Bonchev–Trinajstić information content (AvgIpc) is 2.92. The van der Waals surface area contributed by atoms with Gasteiger partial charge in [0, 0.05) is 13.1 Å². The number of aliphatic hydroxyl groups excluding tert-OH is 1. The van der Waals surface area contributed by atoms with E-state index in [1.54, 1.807) is 23.4 Å². The third kappa shape index (κ3) is 3.71. The van der Waals surface area contributed by atoms with Crippen LogP contribution in [-0.4, -0.2) is 46.2 Å². The molecule has 2 unspecified atom stereocenters. The molecule has 0 saturated heterocycles. The number of aliphatic hydroxyl groups is 1. The normalized spacial score (nSPS) is 22.4. The lowest BCUT2D eigenvalue weighted by atomic mass is 9.91. The van der Waals surface area contributed by atoms with Crippen molar-refractivity contribution in [3.63, 3.8) is 0 Å². The van der Waals surface area contributed by atoms with E-state index < -0.39 is 12.1 Å². The molecule has 1 heterocycles. The topological polar surface area (TPSA) is 77.8 Å². The first-order valence-electron chi connectivity index (χ1n) is 6.94. The molecule has 1 aliphatic rings. The van der Waals surface area contributed by atoms with Gasteiger partial charge < -0.3 is 15.1 Å². The van der Waals surface area contributed by atoms with Crippen LogP contribution < -0.4 is 0 Å². The van der Waals surface area contributed by atoms with Crippen LogP contribution in [0.25, 0.3) is 6.08 Å². The molecule has 1 aliphatic carbocycles. The Kier molecular flexibility index (Phi) is 5.14. The van der Waals surface area contributed by atoms with E-state index in [1.165, 1.54) is 17.4 Å². The molecule has 6 heteroatoms. The SMILES string of the molecule is CN(C(=O)c1sccc1/C=C/C(=O)O)C1CCCCC1O. The maximum atomic E-state index is 12.6. The minimum absolute atomic E-state index is 0.162. The zero-order valence-corrected chi connectivity index (χ0v) is 12.7. The minimum Gasteiger partial charge on any atom is -0.478 e. The molecule has 0 bridgehead atoms. The highest BCUT2D eigenvalue weighted by Gasteiger charge is 2.30. The molecule has 0 aliphatic heterocycles. The maximum Gasteiger partial charge on any atom is 0.328 e. The molecule has 0 aromatic carbocycles. The van der Waals surface area contributed by atoms with Crippen LogP contribution in [0.4, 0.5) is 0 Å². The number of hydrogen-bond acceptors (Lipinski definition) is 4. The molecule has 1 aromatic heterocycles. The second-order valence-corrected chi connectivity index (χ2v) is 6.13. The summed E-state index contributed by atoms with van der Waals surface area (Å²) in [7, 11) is 1.70. The van der Waals surface area contributed by atoms with Crippen LogP contribution in [0, 0.1) is 0 Å². The van der Waals surface area contributed by atoms with Crippen molar-refractivity contribution in [2.24, 2.45) is 0 Å². The van der Waals surface area contributed by atoms with Gasteiger partial charge in [0.1, 0.15) is 0 Å². The van der Waals surface area contributed by atoms with Crippen molar-refractivity contribution >= 4 is 29.3 Å². The molecular formula is C15H19NO4S. The molecule has 5 nitrogen and oxygen atoms in total. The number of carboxylic acid groups (broad SMARTS) is 1. The lowest BCUT2D eigenvalue weighted by Gasteiger charge is -2.35. The fraction of sp³-hybridized carbons (Fsp3) is 0.467. The molecule has 0 spiro atoms. The number of likely N-dealkylation sites (N-methyl/N-ethyl adjacent to an activating group) is 1. The monoisotopic (exact) mass is 309 g/mol. The Morgan fingerprint density at radius 3 is 2.76 bits per heavy atom. The second kappa shape index (κ2) is 6.87. The highest BCUT2D eigenvalue weighted by Crippen LogP contribution is 2.26. The van der Waals surface area contributed by atoms with E-state index in [-0.39, 0.29) is 11.9 Å². The fourth-order valence-electron chi connectivity index (χ4n) is 2.64. The van der Waals surface area contributed by atoms with Crippen LogP contribution in [-0.2, 0) is 4.79 Å². The summed E-state index contributed by atoms with van der Waals surface area (Å²) in [6, 6.07) is 1.56. The standard InChI is InChI=1S/C15H19NO4S/c1-16(11-4-2-3-5-12(11)17)15(20)14-10(8-9-21-14)6-7-13(18)19/h6-9,11-12,17H,2-5H2,1H3,(H,18,19)/b7-6+. The van der Waals surface area contributed by atoms with Crippen molar-refractivity contribution < 1.29 is 19.8 Å². The fourth-order valence-corrected chi connectivity index (χ4v) is 3.51. The van der Waals surface area contributed by atoms with E-state index in [9.17, 15) is 14.7 Å². The Labute approximate surface area is 127 Å². The van der Waals surface area contributed by atoms with Gasteiger partial charge in [-0.05, 0) is 35.9 Å². The van der Waals surface area contributed by atoms with Gasteiger partial charge in [0.2, 0.25) is 0 Å². The lowest BCUT2D eigenvalue weighted by Crippen LogP contribution is -2.46. The second-order valence-electron chi connectivity index (χ2n) is 5.21. The third-order valence-electron chi connectivity index (χ3n) is 3.81. The molecule has 2 atom stereocenters. The summed E-state index contributed by atoms with van der Waals surface area (Å²) in [6.07, 6.45) is 5.49. The first-order chi connectivity index (χ1) is 10.0. The Morgan fingerprint density at radius 1 is 1.38 bits per heavy atom. The van der Waals surface area contributed by atoms with Crippen molar-refractivity contribution in [3.05, 3.63) is 28.0 Å². The molecule has 1 fully saturated rings.